The van der Waals surface area contributed by atoms with Gasteiger partial charge in [-0.05, 0) is 30.7 Å². The highest BCUT2D eigenvalue weighted by molar-refractivity contribution is 5.94. The van der Waals surface area contributed by atoms with Crippen LogP contribution in [0.4, 0.5) is 10.5 Å². The van der Waals surface area contributed by atoms with Gasteiger partial charge in [-0.2, -0.15) is 0 Å². The van der Waals surface area contributed by atoms with Gasteiger partial charge in [0.1, 0.15) is 5.75 Å². The van der Waals surface area contributed by atoms with Gasteiger partial charge in [0.25, 0.3) is 0 Å². The van der Waals surface area contributed by atoms with Gasteiger partial charge < -0.3 is 10.1 Å². The molecule has 2 amide bonds. The van der Waals surface area contributed by atoms with Crippen molar-refractivity contribution in [1.29, 1.82) is 0 Å². The Morgan fingerprint density at radius 2 is 2.27 bits per heavy atom. The Morgan fingerprint density at radius 3 is 2.80 bits per heavy atom. The molecule has 1 aliphatic heterocycles. The van der Waals surface area contributed by atoms with Crippen molar-refractivity contribution in [3.63, 3.8) is 0 Å². The quantitative estimate of drug-likeness (QED) is 0.797. The minimum atomic E-state index is -0.0248. The molecule has 1 heterocycles. The van der Waals surface area contributed by atoms with E-state index in [1.807, 2.05) is 25.1 Å². The molecule has 4 heteroatoms. The van der Waals surface area contributed by atoms with E-state index in [0.29, 0.717) is 6.54 Å². The molecule has 2 rings (SSSR count). The van der Waals surface area contributed by atoms with Crippen molar-refractivity contribution in [2.24, 2.45) is 0 Å². The topological polar surface area (TPSA) is 41.6 Å². The summed E-state index contributed by atoms with van der Waals surface area (Å²) in [5, 5.41) is 2.78. The number of aryl methyl sites for hydroxylation is 1. The number of benzene rings is 1. The Hall–Kier alpha value is -1.71. The smallest absolute Gasteiger partial charge is 0.322 e. The summed E-state index contributed by atoms with van der Waals surface area (Å²) in [4.78, 5) is 13.2. The van der Waals surface area contributed by atoms with Crippen LogP contribution in [0, 0.1) is 6.92 Å². The lowest BCUT2D eigenvalue weighted by Gasteiger charge is -2.17. The van der Waals surface area contributed by atoms with Crippen molar-refractivity contribution in [2.75, 3.05) is 25.1 Å². The third-order valence-electron chi connectivity index (χ3n) is 2.55. The van der Waals surface area contributed by atoms with Crippen molar-refractivity contribution >= 4 is 11.7 Å². The lowest BCUT2D eigenvalue weighted by molar-refractivity contribution is 0.252. The molecule has 0 bridgehead atoms. The fraction of sp³-hybridized carbons (Fsp3) is 0.364. The van der Waals surface area contributed by atoms with E-state index in [-0.39, 0.29) is 6.03 Å². The number of rotatable bonds is 2. The maximum absolute atomic E-state index is 11.5. The SMILES string of the molecule is COc1ccc(N2CCNC2=O)c(C)c1. The minimum Gasteiger partial charge on any atom is -0.497 e. The first-order valence-corrected chi connectivity index (χ1v) is 4.92. The van der Waals surface area contributed by atoms with Crippen molar-refractivity contribution in [1.82, 2.24) is 5.32 Å². The zero-order valence-corrected chi connectivity index (χ0v) is 8.91. The summed E-state index contributed by atoms with van der Waals surface area (Å²) in [6, 6.07) is 5.69. The number of anilines is 1. The number of hydrogen-bond acceptors (Lipinski definition) is 2. The maximum atomic E-state index is 11.5. The lowest BCUT2D eigenvalue weighted by atomic mass is 10.2. The molecule has 0 atom stereocenters. The van der Waals surface area contributed by atoms with Crippen molar-refractivity contribution in [2.45, 2.75) is 6.92 Å². The van der Waals surface area contributed by atoms with E-state index >= 15 is 0 Å². The predicted octanol–water partition coefficient (Wildman–Crippen LogP) is 1.53. The number of nitrogens with one attached hydrogen (secondary N) is 1. The Kier molecular flexibility index (Phi) is 2.49. The normalized spacial score (nSPS) is 15.3. The molecular formula is C11H14N2O2. The van der Waals surface area contributed by atoms with Gasteiger partial charge in [-0.25, -0.2) is 4.79 Å². The summed E-state index contributed by atoms with van der Waals surface area (Å²) in [6.45, 7) is 3.42. The summed E-state index contributed by atoms with van der Waals surface area (Å²) in [6.07, 6.45) is 0. The molecule has 1 fully saturated rings. The van der Waals surface area contributed by atoms with Crippen LogP contribution in [0.15, 0.2) is 18.2 Å². The van der Waals surface area contributed by atoms with Crippen LogP contribution in [0.5, 0.6) is 5.75 Å². The second-order valence-electron chi connectivity index (χ2n) is 3.54. The molecule has 15 heavy (non-hydrogen) atoms. The molecule has 0 spiro atoms. The summed E-state index contributed by atoms with van der Waals surface area (Å²) >= 11 is 0. The Labute approximate surface area is 88.8 Å². The molecule has 80 valence electrons. The second kappa shape index (κ2) is 3.81. The number of ether oxygens (including phenoxy) is 1. The number of amides is 2. The van der Waals surface area contributed by atoms with Crippen LogP contribution < -0.4 is 15.0 Å². The molecule has 0 saturated carbocycles. The van der Waals surface area contributed by atoms with Gasteiger partial charge in [0, 0.05) is 18.8 Å². The van der Waals surface area contributed by atoms with Crippen LogP contribution in [0.1, 0.15) is 5.56 Å². The Balaban J connectivity index is 2.32. The third kappa shape index (κ3) is 1.75. The van der Waals surface area contributed by atoms with Gasteiger partial charge in [0.15, 0.2) is 0 Å². The number of carbonyl (C=O) groups is 1. The minimum absolute atomic E-state index is 0.0248. The van der Waals surface area contributed by atoms with E-state index in [1.165, 1.54) is 0 Å². The first-order chi connectivity index (χ1) is 7.22. The van der Waals surface area contributed by atoms with Crippen molar-refractivity contribution in [3.05, 3.63) is 23.8 Å². The summed E-state index contributed by atoms with van der Waals surface area (Å²) in [5.74, 6) is 0.816. The van der Waals surface area contributed by atoms with Crippen LogP contribution >= 0.6 is 0 Å². The van der Waals surface area contributed by atoms with E-state index in [2.05, 4.69) is 5.32 Å². The van der Waals surface area contributed by atoms with Gasteiger partial charge >= 0.3 is 6.03 Å². The average molecular weight is 206 g/mol. The molecule has 1 saturated heterocycles. The molecule has 0 aromatic heterocycles. The van der Waals surface area contributed by atoms with Gasteiger partial charge in [-0.3, -0.25) is 4.90 Å². The van der Waals surface area contributed by atoms with Gasteiger partial charge in [0.05, 0.1) is 7.11 Å². The van der Waals surface area contributed by atoms with Crippen LogP contribution in [0.3, 0.4) is 0 Å². The number of nitrogens with zero attached hydrogens (tertiary/aromatic N) is 1. The van der Waals surface area contributed by atoms with Crippen LogP contribution in [0.2, 0.25) is 0 Å². The molecule has 0 unspecified atom stereocenters. The lowest BCUT2D eigenvalue weighted by Crippen LogP contribution is -2.28. The summed E-state index contributed by atoms with van der Waals surface area (Å²) in [5.41, 5.74) is 2.00. The number of hydrogen-bond donors (Lipinski definition) is 1. The van der Waals surface area contributed by atoms with Crippen molar-refractivity contribution < 1.29 is 9.53 Å². The Bertz CT molecular complexity index is 390. The summed E-state index contributed by atoms with van der Waals surface area (Å²) in [7, 11) is 1.64. The van der Waals surface area contributed by atoms with E-state index in [0.717, 1.165) is 23.5 Å². The van der Waals surface area contributed by atoms with Gasteiger partial charge in [-0.15, -0.1) is 0 Å². The highest BCUT2D eigenvalue weighted by Gasteiger charge is 2.22. The number of carbonyl (C=O) groups excluding carboxylic acids is 1. The first-order valence-electron chi connectivity index (χ1n) is 4.92. The highest BCUT2D eigenvalue weighted by atomic mass is 16.5. The molecular weight excluding hydrogens is 192 g/mol. The van der Waals surface area contributed by atoms with Crippen LogP contribution in [0.25, 0.3) is 0 Å². The van der Waals surface area contributed by atoms with E-state index in [4.69, 9.17) is 4.74 Å². The average Bonchev–Trinajstić information content (AvgIpc) is 2.64. The Morgan fingerprint density at radius 1 is 1.47 bits per heavy atom. The monoisotopic (exact) mass is 206 g/mol. The largest absolute Gasteiger partial charge is 0.497 e. The molecule has 1 aromatic rings. The van der Waals surface area contributed by atoms with Crippen LogP contribution in [-0.2, 0) is 0 Å². The molecule has 0 aliphatic carbocycles. The van der Waals surface area contributed by atoms with E-state index < -0.39 is 0 Å². The van der Waals surface area contributed by atoms with Crippen molar-refractivity contribution in [3.8, 4) is 5.75 Å². The first kappa shape index (κ1) is 9.83. The van der Waals surface area contributed by atoms with E-state index in [1.54, 1.807) is 12.0 Å². The van der Waals surface area contributed by atoms with Crippen LogP contribution in [-0.4, -0.2) is 26.2 Å². The van der Waals surface area contributed by atoms with E-state index in [9.17, 15) is 4.79 Å². The second-order valence-corrected chi connectivity index (χ2v) is 3.54. The van der Waals surface area contributed by atoms with Gasteiger partial charge in [0.2, 0.25) is 0 Å². The predicted molar refractivity (Wildman–Crippen MR) is 58.5 cm³/mol. The maximum Gasteiger partial charge on any atom is 0.322 e. The zero-order valence-electron chi connectivity index (χ0n) is 8.91. The highest BCUT2D eigenvalue weighted by Crippen LogP contribution is 2.25. The molecule has 1 aromatic carbocycles. The fourth-order valence-corrected chi connectivity index (χ4v) is 1.76. The molecule has 1 aliphatic rings. The standard InChI is InChI=1S/C11H14N2O2/c1-8-7-9(15-2)3-4-10(8)13-6-5-12-11(13)14/h3-4,7H,5-6H2,1-2H3,(H,12,14). The third-order valence-corrected chi connectivity index (χ3v) is 2.55. The van der Waals surface area contributed by atoms with Gasteiger partial charge in [-0.1, -0.05) is 0 Å². The molecule has 1 N–H and O–H groups in total. The molecule has 0 radical (unpaired) electrons. The number of urea groups is 1. The summed E-state index contributed by atoms with van der Waals surface area (Å²) < 4.78 is 5.12. The molecule has 4 nitrogen and oxygen atoms in total. The zero-order chi connectivity index (χ0) is 10.8. The fourth-order valence-electron chi connectivity index (χ4n) is 1.76. The number of methoxy groups -OCH3 is 1.